The highest BCUT2D eigenvalue weighted by Gasteiger charge is 2.19. The van der Waals surface area contributed by atoms with E-state index >= 15 is 0 Å². The number of carbonyl (C=O) groups is 2. The van der Waals surface area contributed by atoms with Gasteiger partial charge in [-0.2, -0.15) is 0 Å². The van der Waals surface area contributed by atoms with Gasteiger partial charge in [0.25, 0.3) is 5.91 Å². The highest BCUT2D eigenvalue weighted by molar-refractivity contribution is 6.10. The Bertz CT molecular complexity index is 756. The maximum absolute atomic E-state index is 13.4. The molecule has 0 saturated heterocycles. The lowest BCUT2D eigenvalue weighted by atomic mass is 9.94. The molecule has 3 N–H and O–H groups in total. The molecule has 0 aromatic heterocycles. The number of hydrogen-bond donors (Lipinski definition) is 2. The summed E-state index contributed by atoms with van der Waals surface area (Å²) in [5.41, 5.74) is 7.38. The Labute approximate surface area is 120 Å². The minimum Gasteiger partial charge on any atom is -0.396 e. The van der Waals surface area contributed by atoms with Crippen LogP contribution >= 0.6 is 0 Å². The second-order valence-electron chi connectivity index (χ2n) is 4.94. The maximum atomic E-state index is 13.4. The average Bonchev–Trinajstić information content (AvgIpc) is 2.49. The summed E-state index contributed by atoms with van der Waals surface area (Å²) in [6.45, 7) is 0.600. The van der Waals surface area contributed by atoms with Gasteiger partial charge in [0.15, 0.2) is 5.78 Å². The molecule has 5 heteroatoms. The van der Waals surface area contributed by atoms with E-state index in [1.807, 2.05) is 0 Å². The summed E-state index contributed by atoms with van der Waals surface area (Å²) in [6, 6.07) is 8.93. The molecule has 1 amide bonds. The van der Waals surface area contributed by atoms with Crippen molar-refractivity contribution in [1.82, 2.24) is 5.32 Å². The van der Waals surface area contributed by atoms with Crippen LogP contribution in [0.25, 0.3) is 0 Å². The van der Waals surface area contributed by atoms with Crippen LogP contribution in [0.4, 0.5) is 10.1 Å². The molecule has 1 aliphatic rings. The first-order chi connectivity index (χ1) is 10.1. The minimum absolute atomic E-state index is 0.00336. The lowest BCUT2D eigenvalue weighted by Crippen LogP contribution is -2.32. The molecule has 2 aromatic rings. The number of carbonyl (C=O) groups excluding carboxylic acids is 2. The predicted octanol–water partition coefficient (Wildman–Crippen LogP) is 1.92. The minimum atomic E-state index is -0.628. The molecular formula is C16H13FN2O2. The van der Waals surface area contributed by atoms with E-state index in [4.69, 9.17) is 5.73 Å². The van der Waals surface area contributed by atoms with Gasteiger partial charge in [-0.3, -0.25) is 9.59 Å². The normalized spacial score (nSPS) is 13.5. The Morgan fingerprint density at radius 3 is 2.62 bits per heavy atom. The summed E-state index contributed by atoms with van der Waals surface area (Å²) < 4.78 is 13.4. The second kappa shape index (κ2) is 5.01. The molecule has 0 fully saturated rings. The molecular weight excluding hydrogens is 271 g/mol. The van der Waals surface area contributed by atoms with Gasteiger partial charge < -0.3 is 11.1 Å². The van der Waals surface area contributed by atoms with Gasteiger partial charge in [0.2, 0.25) is 0 Å². The molecule has 0 radical (unpaired) electrons. The van der Waals surface area contributed by atoms with Crippen LogP contribution in [-0.4, -0.2) is 18.2 Å². The van der Waals surface area contributed by atoms with Crippen molar-refractivity contribution in [3.63, 3.8) is 0 Å². The average molecular weight is 284 g/mol. The van der Waals surface area contributed by atoms with Gasteiger partial charge in [-0.05, 0) is 36.2 Å². The Balaban J connectivity index is 2.00. The van der Waals surface area contributed by atoms with Gasteiger partial charge in [-0.25, -0.2) is 4.39 Å². The van der Waals surface area contributed by atoms with Gasteiger partial charge in [0, 0.05) is 23.2 Å². The fourth-order valence-electron chi connectivity index (χ4n) is 2.39. The quantitative estimate of drug-likeness (QED) is 0.653. The van der Waals surface area contributed by atoms with Gasteiger partial charge in [0.1, 0.15) is 5.82 Å². The predicted molar refractivity (Wildman–Crippen MR) is 76.7 cm³/mol. The van der Waals surface area contributed by atoms with Crippen LogP contribution in [0.5, 0.6) is 0 Å². The first kappa shape index (κ1) is 13.3. The van der Waals surface area contributed by atoms with Gasteiger partial charge in [-0.1, -0.05) is 12.1 Å². The number of rotatable bonds is 2. The number of hydrogen-bond acceptors (Lipinski definition) is 3. The number of nitrogens with two attached hydrogens (primary N) is 1. The van der Waals surface area contributed by atoms with Gasteiger partial charge in [0.05, 0.1) is 5.69 Å². The molecule has 0 aliphatic carbocycles. The van der Waals surface area contributed by atoms with E-state index in [1.54, 1.807) is 18.2 Å². The summed E-state index contributed by atoms with van der Waals surface area (Å²) in [5, 5.41) is 2.73. The molecule has 21 heavy (non-hydrogen) atoms. The zero-order valence-electron chi connectivity index (χ0n) is 11.2. The lowest BCUT2D eigenvalue weighted by molar-refractivity contribution is 0.0946. The van der Waals surface area contributed by atoms with E-state index in [0.717, 1.165) is 18.1 Å². The topological polar surface area (TPSA) is 72.2 Å². The molecule has 0 atom stereocenters. The lowest BCUT2D eigenvalue weighted by Gasteiger charge is -2.16. The summed E-state index contributed by atoms with van der Waals surface area (Å²) in [5.74, 6) is -1.15. The number of benzene rings is 2. The number of nitrogens with one attached hydrogen (secondary N) is 1. The van der Waals surface area contributed by atoms with E-state index in [-0.39, 0.29) is 22.9 Å². The van der Waals surface area contributed by atoms with Crippen LogP contribution in [0.1, 0.15) is 31.8 Å². The number of anilines is 1. The van der Waals surface area contributed by atoms with E-state index in [9.17, 15) is 14.0 Å². The Morgan fingerprint density at radius 2 is 1.86 bits per heavy atom. The van der Waals surface area contributed by atoms with Crippen molar-refractivity contribution in [2.45, 2.75) is 6.42 Å². The standard InChI is InChI=1S/C16H13FN2O2/c17-13-8-11(3-4-14(13)18)15(20)10-2-1-9-5-6-19-16(21)12(9)7-10/h1-4,7-8H,5-6,18H2,(H,19,21). The molecule has 3 rings (SSSR count). The van der Waals surface area contributed by atoms with Gasteiger partial charge >= 0.3 is 0 Å². The third-order valence-corrected chi connectivity index (χ3v) is 3.56. The third-order valence-electron chi connectivity index (χ3n) is 3.56. The van der Waals surface area contributed by atoms with Crippen molar-refractivity contribution in [1.29, 1.82) is 0 Å². The van der Waals surface area contributed by atoms with Crippen molar-refractivity contribution in [2.24, 2.45) is 0 Å². The number of amides is 1. The molecule has 4 nitrogen and oxygen atoms in total. The van der Waals surface area contributed by atoms with E-state index < -0.39 is 5.82 Å². The monoisotopic (exact) mass is 284 g/mol. The van der Waals surface area contributed by atoms with Crippen molar-refractivity contribution in [3.8, 4) is 0 Å². The third kappa shape index (κ3) is 2.38. The summed E-state index contributed by atoms with van der Waals surface area (Å²) in [7, 11) is 0. The van der Waals surface area contributed by atoms with Crippen molar-refractivity contribution >= 4 is 17.4 Å². The fraction of sp³-hybridized carbons (Fsp3) is 0.125. The van der Waals surface area contributed by atoms with Crippen LogP contribution in [-0.2, 0) is 6.42 Å². The number of nitrogen functional groups attached to an aromatic ring is 1. The first-order valence-electron chi connectivity index (χ1n) is 6.57. The summed E-state index contributed by atoms with van der Waals surface area (Å²) >= 11 is 0. The van der Waals surface area contributed by atoms with E-state index in [0.29, 0.717) is 17.7 Å². The number of halogens is 1. The Kier molecular flexibility index (Phi) is 3.17. The van der Waals surface area contributed by atoms with Crippen LogP contribution in [0.2, 0.25) is 0 Å². The molecule has 1 heterocycles. The molecule has 2 aromatic carbocycles. The van der Waals surface area contributed by atoms with Crippen molar-refractivity contribution in [3.05, 3.63) is 64.5 Å². The van der Waals surface area contributed by atoms with Crippen LogP contribution in [0.15, 0.2) is 36.4 Å². The highest BCUT2D eigenvalue weighted by atomic mass is 19.1. The molecule has 0 spiro atoms. The largest absolute Gasteiger partial charge is 0.396 e. The Morgan fingerprint density at radius 1 is 1.14 bits per heavy atom. The van der Waals surface area contributed by atoms with E-state index in [1.165, 1.54) is 12.1 Å². The fourth-order valence-corrected chi connectivity index (χ4v) is 2.39. The van der Waals surface area contributed by atoms with Crippen LogP contribution in [0, 0.1) is 5.82 Å². The highest BCUT2D eigenvalue weighted by Crippen LogP contribution is 2.20. The molecule has 106 valence electrons. The molecule has 0 bridgehead atoms. The van der Waals surface area contributed by atoms with Crippen molar-refractivity contribution in [2.75, 3.05) is 12.3 Å². The maximum Gasteiger partial charge on any atom is 0.251 e. The van der Waals surface area contributed by atoms with Gasteiger partial charge in [-0.15, -0.1) is 0 Å². The zero-order valence-corrected chi connectivity index (χ0v) is 11.2. The number of fused-ring (bicyclic) bond motifs is 1. The number of ketones is 1. The SMILES string of the molecule is Nc1ccc(C(=O)c2ccc3c(c2)C(=O)NCC3)cc1F. The summed E-state index contributed by atoms with van der Waals surface area (Å²) in [4.78, 5) is 24.2. The summed E-state index contributed by atoms with van der Waals surface area (Å²) in [6.07, 6.45) is 0.742. The van der Waals surface area contributed by atoms with Crippen molar-refractivity contribution < 1.29 is 14.0 Å². The second-order valence-corrected chi connectivity index (χ2v) is 4.94. The molecule has 0 saturated carbocycles. The first-order valence-corrected chi connectivity index (χ1v) is 6.57. The smallest absolute Gasteiger partial charge is 0.251 e. The zero-order chi connectivity index (χ0) is 15.0. The van der Waals surface area contributed by atoms with Crippen LogP contribution < -0.4 is 11.1 Å². The molecule has 0 unspecified atom stereocenters. The van der Waals surface area contributed by atoms with E-state index in [2.05, 4.69) is 5.32 Å². The Hall–Kier alpha value is -2.69. The van der Waals surface area contributed by atoms with Crippen LogP contribution in [0.3, 0.4) is 0 Å². The molecule has 1 aliphatic heterocycles.